The number of nitrogens with zero attached hydrogens (tertiary/aromatic N) is 2. The number of hydrogen-bond acceptors (Lipinski definition) is 4. The number of para-hydroxylation sites is 1. The minimum absolute atomic E-state index is 0.328. The summed E-state index contributed by atoms with van der Waals surface area (Å²) in [6.07, 6.45) is 0. The van der Waals surface area contributed by atoms with Crippen LogP contribution in [0.3, 0.4) is 0 Å². The molecule has 0 aliphatic rings. The van der Waals surface area contributed by atoms with E-state index < -0.39 is 17.7 Å². The Morgan fingerprint density at radius 1 is 1.08 bits per heavy atom. The van der Waals surface area contributed by atoms with Gasteiger partial charge in [-0.1, -0.05) is 18.2 Å². The Morgan fingerprint density at radius 3 is 2.38 bits per heavy atom. The van der Waals surface area contributed by atoms with Crippen LogP contribution in [-0.2, 0) is 4.79 Å². The van der Waals surface area contributed by atoms with Crippen LogP contribution in [0.5, 0.6) is 0 Å². The molecule has 134 valence electrons. The summed E-state index contributed by atoms with van der Waals surface area (Å²) in [7, 11) is 0. The van der Waals surface area contributed by atoms with Crippen molar-refractivity contribution in [2.75, 3.05) is 0 Å². The molecule has 1 N–H and O–H groups in total. The van der Waals surface area contributed by atoms with Gasteiger partial charge >= 0.3 is 0 Å². The van der Waals surface area contributed by atoms with E-state index in [0.29, 0.717) is 22.7 Å². The molecule has 1 amide bonds. The summed E-state index contributed by atoms with van der Waals surface area (Å²) >= 11 is 0. The quantitative estimate of drug-likeness (QED) is 0.564. The van der Waals surface area contributed by atoms with E-state index in [1.807, 2.05) is 43.3 Å². The largest absolute Gasteiger partial charge is 0.464 e. The number of hydrogen-bond donors (Lipinski definition) is 1. The van der Waals surface area contributed by atoms with Crippen LogP contribution in [0.15, 0.2) is 46.9 Å². The highest BCUT2D eigenvalue weighted by Gasteiger charge is 2.26. The van der Waals surface area contributed by atoms with Crippen molar-refractivity contribution in [3.63, 3.8) is 0 Å². The Hall–Kier alpha value is -3.15. The van der Waals surface area contributed by atoms with E-state index in [4.69, 9.17) is 4.42 Å². The minimum Gasteiger partial charge on any atom is -0.464 e. The van der Waals surface area contributed by atoms with Crippen molar-refractivity contribution < 1.29 is 14.0 Å². The minimum atomic E-state index is -0.676. The van der Waals surface area contributed by atoms with E-state index in [1.54, 1.807) is 31.5 Å². The fourth-order valence-corrected chi connectivity index (χ4v) is 2.92. The molecule has 0 aliphatic carbocycles. The van der Waals surface area contributed by atoms with Crippen LogP contribution in [0.25, 0.3) is 5.69 Å². The Balaban J connectivity index is 1.83. The van der Waals surface area contributed by atoms with Crippen LogP contribution in [0, 0.1) is 20.8 Å². The van der Waals surface area contributed by atoms with Gasteiger partial charge in [-0.05, 0) is 52.0 Å². The first-order valence-electron chi connectivity index (χ1n) is 8.41. The van der Waals surface area contributed by atoms with Gasteiger partial charge in [0.25, 0.3) is 11.7 Å². The molecule has 0 spiro atoms. The molecule has 0 aliphatic heterocycles. The Kier molecular flexibility index (Phi) is 4.75. The van der Waals surface area contributed by atoms with Crippen molar-refractivity contribution in [2.24, 2.45) is 0 Å². The fraction of sp³-hybridized carbons (Fsp3) is 0.250. The van der Waals surface area contributed by atoms with Gasteiger partial charge in [-0.15, -0.1) is 0 Å². The third-order valence-electron chi connectivity index (χ3n) is 4.26. The average Bonchev–Trinajstić information content (AvgIpc) is 3.18. The standard InChI is InChI=1S/C20H21N3O3/c1-12-10-11-17(26-12)13(2)21-20(25)19(24)18-14(3)22-23(15(18)4)16-8-6-5-7-9-16/h5-11,13H,1-4H3,(H,21,25). The smallest absolute Gasteiger partial charge is 0.293 e. The average molecular weight is 351 g/mol. The number of nitrogens with one attached hydrogen (secondary N) is 1. The maximum atomic E-state index is 12.7. The molecular formula is C20H21N3O3. The zero-order chi connectivity index (χ0) is 18.8. The lowest BCUT2D eigenvalue weighted by Crippen LogP contribution is -2.33. The molecule has 3 aromatic rings. The molecule has 2 aromatic heterocycles. The monoisotopic (exact) mass is 351 g/mol. The van der Waals surface area contributed by atoms with Crippen molar-refractivity contribution in [1.82, 2.24) is 15.1 Å². The molecule has 0 saturated heterocycles. The van der Waals surface area contributed by atoms with Crippen molar-refractivity contribution in [1.29, 1.82) is 0 Å². The molecular weight excluding hydrogens is 330 g/mol. The van der Waals surface area contributed by atoms with Gasteiger partial charge in [-0.25, -0.2) is 4.68 Å². The molecule has 3 rings (SSSR count). The molecule has 0 saturated carbocycles. The van der Waals surface area contributed by atoms with Crippen LogP contribution in [0.2, 0.25) is 0 Å². The van der Waals surface area contributed by atoms with E-state index in [9.17, 15) is 9.59 Å². The molecule has 6 nitrogen and oxygen atoms in total. The van der Waals surface area contributed by atoms with Gasteiger partial charge in [0.1, 0.15) is 11.5 Å². The Labute approximate surface area is 151 Å². The summed E-state index contributed by atoms with van der Waals surface area (Å²) in [5.41, 5.74) is 2.32. The third kappa shape index (κ3) is 3.31. The number of amides is 1. The number of Topliss-reactive ketones (excluding diaryl/α,β-unsaturated/α-hetero) is 1. The number of furan rings is 1. The second-order valence-corrected chi connectivity index (χ2v) is 6.27. The van der Waals surface area contributed by atoms with Crippen LogP contribution >= 0.6 is 0 Å². The lowest BCUT2D eigenvalue weighted by Gasteiger charge is -2.11. The highest BCUT2D eigenvalue weighted by atomic mass is 16.3. The number of aryl methyl sites for hydroxylation is 2. The number of ketones is 1. The molecule has 0 radical (unpaired) electrons. The van der Waals surface area contributed by atoms with E-state index in [0.717, 1.165) is 11.4 Å². The summed E-state index contributed by atoms with van der Waals surface area (Å²) in [6, 6.07) is 12.7. The molecule has 2 heterocycles. The van der Waals surface area contributed by atoms with Gasteiger partial charge in [-0.2, -0.15) is 5.10 Å². The van der Waals surface area contributed by atoms with E-state index in [-0.39, 0.29) is 0 Å². The molecule has 1 atom stereocenters. The van der Waals surface area contributed by atoms with Gasteiger partial charge < -0.3 is 9.73 Å². The number of carbonyl (C=O) groups is 2. The van der Waals surface area contributed by atoms with Gasteiger partial charge in [0, 0.05) is 0 Å². The molecule has 0 bridgehead atoms. The van der Waals surface area contributed by atoms with Crippen LogP contribution in [-0.4, -0.2) is 21.5 Å². The zero-order valence-corrected chi connectivity index (χ0v) is 15.2. The number of benzene rings is 1. The summed E-state index contributed by atoms with van der Waals surface area (Å²) in [4.78, 5) is 25.2. The highest BCUT2D eigenvalue weighted by Crippen LogP contribution is 2.20. The van der Waals surface area contributed by atoms with Gasteiger partial charge in [0.15, 0.2) is 0 Å². The summed E-state index contributed by atoms with van der Waals surface area (Å²) < 4.78 is 7.17. The molecule has 0 fully saturated rings. The molecule has 6 heteroatoms. The van der Waals surface area contributed by atoms with Gasteiger partial charge in [0.05, 0.1) is 28.7 Å². The fourth-order valence-electron chi connectivity index (χ4n) is 2.92. The second-order valence-electron chi connectivity index (χ2n) is 6.27. The first-order chi connectivity index (χ1) is 12.4. The van der Waals surface area contributed by atoms with Crippen LogP contribution in [0.1, 0.15) is 46.2 Å². The summed E-state index contributed by atoms with van der Waals surface area (Å²) in [6.45, 7) is 7.11. The lowest BCUT2D eigenvalue weighted by atomic mass is 10.1. The SMILES string of the molecule is Cc1ccc(C(C)NC(=O)C(=O)c2c(C)nn(-c3ccccc3)c2C)o1. The van der Waals surface area contributed by atoms with Crippen molar-refractivity contribution in [3.8, 4) is 5.69 Å². The summed E-state index contributed by atoms with van der Waals surface area (Å²) in [5.74, 6) is 0.0861. The molecule has 1 unspecified atom stereocenters. The van der Waals surface area contributed by atoms with E-state index in [2.05, 4.69) is 10.4 Å². The number of rotatable bonds is 5. The zero-order valence-electron chi connectivity index (χ0n) is 15.2. The second kappa shape index (κ2) is 7.00. The van der Waals surface area contributed by atoms with Crippen molar-refractivity contribution >= 4 is 11.7 Å². The van der Waals surface area contributed by atoms with Crippen molar-refractivity contribution in [2.45, 2.75) is 33.7 Å². The first kappa shape index (κ1) is 17.7. The maximum absolute atomic E-state index is 12.7. The first-order valence-corrected chi connectivity index (χ1v) is 8.41. The maximum Gasteiger partial charge on any atom is 0.293 e. The Bertz CT molecular complexity index is 954. The predicted octanol–water partition coefficient (Wildman–Crippen LogP) is 3.45. The van der Waals surface area contributed by atoms with Crippen molar-refractivity contribution in [3.05, 3.63) is 70.9 Å². The normalized spacial score (nSPS) is 12.0. The van der Waals surface area contributed by atoms with Gasteiger partial charge in [-0.3, -0.25) is 9.59 Å². The number of carbonyl (C=O) groups excluding carboxylic acids is 2. The molecule has 26 heavy (non-hydrogen) atoms. The lowest BCUT2D eigenvalue weighted by molar-refractivity contribution is -0.117. The van der Waals surface area contributed by atoms with Crippen LogP contribution in [0.4, 0.5) is 0 Å². The van der Waals surface area contributed by atoms with E-state index >= 15 is 0 Å². The van der Waals surface area contributed by atoms with Crippen LogP contribution < -0.4 is 5.32 Å². The topological polar surface area (TPSA) is 77.1 Å². The predicted molar refractivity (Wildman–Crippen MR) is 97.4 cm³/mol. The Morgan fingerprint density at radius 2 is 1.77 bits per heavy atom. The highest BCUT2D eigenvalue weighted by molar-refractivity contribution is 6.43. The van der Waals surface area contributed by atoms with Gasteiger partial charge in [0.2, 0.25) is 0 Å². The number of aromatic nitrogens is 2. The third-order valence-corrected chi connectivity index (χ3v) is 4.26. The summed E-state index contributed by atoms with van der Waals surface area (Å²) in [5, 5.41) is 7.11. The van der Waals surface area contributed by atoms with E-state index in [1.165, 1.54) is 0 Å². The molecule has 1 aromatic carbocycles.